The van der Waals surface area contributed by atoms with Crippen LogP contribution in [0.5, 0.6) is 0 Å². The fraction of sp³-hybridized carbons (Fsp3) is 0.611. The lowest BCUT2D eigenvalue weighted by Crippen LogP contribution is -2.45. The van der Waals surface area contributed by atoms with Crippen LogP contribution in [0, 0.1) is 0 Å². The van der Waals surface area contributed by atoms with Crippen molar-refractivity contribution in [3.63, 3.8) is 0 Å². The predicted octanol–water partition coefficient (Wildman–Crippen LogP) is 4.32. The zero-order valence-corrected chi connectivity index (χ0v) is 15.3. The van der Waals surface area contributed by atoms with E-state index in [1.54, 1.807) is 16.7 Å². The molecule has 1 fully saturated rings. The molecule has 1 amide bonds. The summed E-state index contributed by atoms with van der Waals surface area (Å²) in [4.78, 5) is 15.2. The maximum absolute atomic E-state index is 12.1. The monoisotopic (exact) mass is 337 g/mol. The van der Waals surface area contributed by atoms with Crippen molar-refractivity contribution < 1.29 is 14.3 Å². The van der Waals surface area contributed by atoms with Crippen molar-refractivity contribution in [3.05, 3.63) is 29.8 Å². The molecule has 0 bridgehead atoms. The molecule has 0 aromatic heterocycles. The van der Waals surface area contributed by atoms with Crippen LogP contribution in [0.4, 0.5) is 4.79 Å². The first-order chi connectivity index (χ1) is 10.9. The molecular formula is C18H27NO3S. The normalized spacial score (nSPS) is 18.8. The van der Waals surface area contributed by atoms with E-state index in [9.17, 15) is 4.79 Å². The van der Waals surface area contributed by atoms with Gasteiger partial charge in [-0.3, -0.25) is 0 Å². The first-order valence-electron chi connectivity index (χ1n) is 8.10. The minimum Gasteiger partial charge on any atom is -0.444 e. The van der Waals surface area contributed by atoms with Gasteiger partial charge in [0.25, 0.3) is 0 Å². The number of carbonyl (C=O) groups is 1. The minimum absolute atomic E-state index is 0.0801. The second-order valence-corrected chi connectivity index (χ2v) is 7.73. The van der Waals surface area contributed by atoms with E-state index >= 15 is 0 Å². The molecule has 1 aromatic rings. The van der Waals surface area contributed by atoms with Crippen molar-refractivity contribution in [1.29, 1.82) is 0 Å². The van der Waals surface area contributed by atoms with Gasteiger partial charge in [0.15, 0.2) is 0 Å². The summed E-state index contributed by atoms with van der Waals surface area (Å²) < 4.78 is 11.4. The zero-order valence-electron chi connectivity index (χ0n) is 14.5. The van der Waals surface area contributed by atoms with Crippen LogP contribution in [-0.4, -0.2) is 42.0 Å². The molecule has 1 heterocycles. The third-order valence-corrected chi connectivity index (χ3v) is 4.42. The Morgan fingerprint density at radius 3 is 2.61 bits per heavy atom. The summed E-state index contributed by atoms with van der Waals surface area (Å²) in [6.07, 6.45) is 3.85. The van der Waals surface area contributed by atoms with E-state index in [1.165, 1.54) is 4.90 Å². The average Bonchev–Trinajstić information content (AvgIpc) is 2.52. The zero-order chi connectivity index (χ0) is 16.9. The van der Waals surface area contributed by atoms with Gasteiger partial charge in [-0.1, -0.05) is 12.1 Å². The summed E-state index contributed by atoms with van der Waals surface area (Å²) in [5.74, 6) is 0. The van der Waals surface area contributed by atoms with Gasteiger partial charge in [-0.2, -0.15) is 0 Å². The number of carbonyl (C=O) groups excluding carboxylic acids is 1. The largest absolute Gasteiger partial charge is 0.444 e. The molecule has 0 N–H and O–H groups in total. The number of nitrogens with zero attached hydrogens (tertiary/aromatic N) is 1. The van der Waals surface area contributed by atoms with Crippen LogP contribution < -0.4 is 0 Å². The van der Waals surface area contributed by atoms with E-state index in [-0.39, 0.29) is 12.2 Å². The fourth-order valence-electron chi connectivity index (χ4n) is 2.50. The molecule has 1 unspecified atom stereocenters. The van der Waals surface area contributed by atoms with Gasteiger partial charge in [0.05, 0.1) is 19.3 Å². The Labute approximate surface area is 143 Å². The van der Waals surface area contributed by atoms with Crippen molar-refractivity contribution in [3.8, 4) is 0 Å². The topological polar surface area (TPSA) is 38.8 Å². The number of hydrogen-bond donors (Lipinski definition) is 0. The number of piperidine rings is 1. The molecule has 0 saturated carbocycles. The van der Waals surface area contributed by atoms with Crippen LogP contribution in [0.15, 0.2) is 29.2 Å². The van der Waals surface area contributed by atoms with Crippen molar-refractivity contribution in [2.45, 2.75) is 56.8 Å². The third-order valence-electron chi connectivity index (χ3n) is 3.67. The van der Waals surface area contributed by atoms with E-state index in [4.69, 9.17) is 9.47 Å². The van der Waals surface area contributed by atoms with Gasteiger partial charge in [0.1, 0.15) is 5.60 Å². The third kappa shape index (κ3) is 6.07. The van der Waals surface area contributed by atoms with Gasteiger partial charge >= 0.3 is 6.09 Å². The molecule has 1 aromatic carbocycles. The molecule has 4 nitrogen and oxygen atoms in total. The minimum atomic E-state index is -0.454. The van der Waals surface area contributed by atoms with Gasteiger partial charge in [0.2, 0.25) is 0 Å². The molecule has 1 saturated heterocycles. The maximum atomic E-state index is 12.1. The molecule has 23 heavy (non-hydrogen) atoms. The molecular weight excluding hydrogens is 310 g/mol. The van der Waals surface area contributed by atoms with Gasteiger partial charge in [-0.15, -0.1) is 11.8 Å². The predicted molar refractivity (Wildman–Crippen MR) is 93.8 cm³/mol. The smallest absolute Gasteiger partial charge is 0.410 e. The molecule has 2 rings (SSSR count). The second-order valence-electron chi connectivity index (χ2n) is 6.85. The summed E-state index contributed by atoms with van der Waals surface area (Å²) in [6, 6.07) is 8.41. The number of ether oxygens (including phenoxy) is 2. The van der Waals surface area contributed by atoms with Gasteiger partial charge < -0.3 is 14.4 Å². The van der Waals surface area contributed by atoms with Crippen LogP contribution >= 0.6 is 11.8 Å². The van der Waals surface area contributed by atoms with Crippen LogP contribution in [0.1, 0.15) is 39.2 Å². The van der Waals surface area contributed by atoms with Crippen LogP contribution in [0.2, 0.25) is 0 Å². The van der Waals surface area contributed by atoms with Gasteiger partial charge in [0, 0.05) is 11.4 Å². The summed E-state index contributed by atoms with van der Waals surface area (Å²) in [5, 5.41) is 0. The number of rotatable bonds is 4. The Hall–Kier alpha value is -1.20. The first-order valence-corrected chi connectivity index (χ1v) is 9.32. The Kier molecular flexibility index (Phi) is 6.36. The number of likely N-dealkylation sites (tertiary alicyclic amines) is 1. The number of hydrogen-bond acceptors (Lipinski definition) is 4. The highest BCUT2D eigenvalue weighted by atomic mass is 32.2. The summed E-state index contributed by atoms with van der Waals surface area (Å²) in [5.41, 5.74) is 0.710. The molecule has 0 radical (unpaired) electrons. The Morgan fingerprint density at radius 1 is 1.30 bits per heavy atom. The molecule has 128 valence electrons. The highest BCUT2D eigenvalue weighted by molar-refractivity contribution is 7.98. The first kappa shape index (κ1) is 18.1. The van der Waals surface area contributed by atoms with E-state index in [0.29, 0.717) is 13.2 Å². The second kappa shape index (κ2) is 8.06. The summed E-state index contributed by atoms with van der Waals surface area (Å²) in [6.45, 7) is 7.61. The highest BCUT2D eigenvalue weighted by Crippen LogP contribution is 2.19. The van der Waals surface area contributed by atoms with Crippen molar-refractivity contribution in [2.75, 3.05) is 19.3 Å². The van der Waals surface area contributed by atoms with Crippen LogP contribution in [0.25, 0.3) is 0 Å². The lowest BCUT2D eigenvalue weighted by atomic mass is 10.1. The summed E-state index contributed by atoms with van der Waals surface area (Å²) in [7, 11) is 0. The van der Waals surface area contributed by atoms with E-state index in [0.717, 1.165) is 24.9 Å². The van der Waals surface area contributed by atoms with Crippen LogP contribution in [0.3, 0.4) is 0 Å². The Bertz CT molecular complexity index is 510. The van der Waals surface area contributed by atoms with Crippen molar-refractivity contribution in [2.24, 2.45) is 0 Å². The van der Waals surface area contributed by atoms with E-state index < -0.39 is 5.60 Å². The number of benzene rings is 1. The molecule has 0 aliphatic carbocycles. The lowest BCUT2D eigenvalue weighted by molar-refractivity contribution is -0.0258. The van der Waals surface area contributed by atoms with E-state index in [2.05, 4.69) is 30.5 Å². The fourth-order valence-corrected chi connectivity index (χ4v) is 2.91. The van der Waals surface area contributed by atoms with E-state index in [1.807, 2.05) is 20.8 Å². The Morgan fingerprint density at radius 2 is 2.00 bits per heavy atom. The van der Waals surface area contributed by atoms with Gasteiger partial charge in [-0.25, -0.2) is 4.79 Å². The molecule has 5 heteroatoms. The quantitative estimate of drug-likeness (QED) is 0.767. The Balaban J connectivity index is 1.82. The molecule has 1 aliphatic heterocycles. The molecule has 0 spiro atoms. The molecule has 1 atom stereocenters. The number of amides is 1. The SMILES string of the molecule is CSc1ccc(COC2CCCN(C(=O)OC(C)(C)C)C2)cc1. The number of thioether (sulfide) groups is 1. The van der Waals surface area contributed by atoms with Crippen LogP contribution in [-0.2, 0) is 16.1 Å². The maximum Gasteiger partial charge on any atom is 0.410 e. The summed E-state index contributed by atoms with van der Waals surface area (Å²) >= 11 is 1.73. The lowest BCUT2D eigenvalue weighted by Gasteiger charge is -2.34. The van der Waals surface area contributed by atoms with Crippen molar-refractivity contribution in [1.82, 2.24) is 4.90 Å². The van der Waals surface area contributed by atoms with Crippen molar-refractivity contribution >= 4 is 17.9 Å². The standard InChI is InChI=1S/C18H27NO3S/c1-18(2,3)22-17(20)19-11-5-6-15(12-19)21-13-14-7-9-16(23-4)10-8-14/h7-10,15H,5-6,11-13H2,1-4H3. The average molecular weight is 337 g/mol. The molecule has 1 aliphatic rings. The van der Waals surface area contributed by atoms with Gasteiger partial charge in [-0.05, 0) is 57.6 Å². The highest BCUT2D eigenvalue weighted by Gasteiger charge is 2.27.